The van der Waals surface area contributed by atoms with Gasteiger partial charge >= 0.3 is 35.6 Å². The fourth-order valence-electron chi connectivity index (χ4n) is 8.19. The van der Waals surface area contributed by atoms with E-state index in [1.165, 1.54) is 5.56 Å². The van der Waals surface area contributed by atoms with Crippen LogP contribution in [0.25, 0.3) is 5.32 Å². The Morgan fingerprint density at radius 2 is 1.24 bits per heavy atom. The summed E-state index contributed by atoms with van der Waals surface area (Å²) in [5, 5.41) is 5.58. The molecule has 0 spiro atoms. The quantitative estimate of drug-likeness (QED) is 0.250. The Bertz CT molecular complexity index is 1110. The maximum absolute atomic E-state index is 5.58. The molecule has 1 saturated carbocycles. The average Bonchev–Trinajstić information content (AvgIpc) is 3.29. The van der Waals surface area contributed by atoms with Crippen molar-refractivity contribution in [2.24, 2.45) is 23.7 Å². The summed E-state index contributed by atoms with van der Waals surface area (Å²) in [6.07, 6.45) is 28.5. The summed E-state index contributed by atoms with van der Waals surface area (Å²) >= 11 is -0.556. The molecule has 2 nitrogen and oxygen atoms in total. The molecule has 0 amide bonds. The zero-order valence-corrected chi connectivity index (χ0v) is 27.2. The summed E-state index contributed by atoms with van der Waals surface area (Å²) in [4.78, 5) is 0. The molecule has 0 bridgehead atoms. The van der Waals surface area contributed by atoms with Gasteiger partial charge in [0, 0.05) is 6.04 Å². The Hall–Kier alpha value is -0.909. The third-order valence-corrected chi connectivity index (χ3v) is 13.6. The summed E-state index contributed by atoms with van der Waals surface area (Å²) in [6.45, 7) is 10.0. The molecule has 0 N–H and O–H groups in total. The van der Waals surface area contributed by atoms with Gasteiger partial charge in [-0.15, -0.1) is 6.04 Å². The molecule has 1 aromatic rings. The van der Waals surface area contributed by atoms with Gasteiger partial charge in [0.25, 0.3) is 0 Å². The van der Waals surface area contributed by atoms with Crippen LogP contribution in [0.1, 0.15) is 25.3 Å². The number of hydrogen-bond acceptors (Lipinski definition) is 1. The van der Waals surface area contributed by atoms with Crippen LogP contribution >= 0.6 is 18.6 Å². The first-order valence-electron chi connectivity index (χ1n) is 13.4. The first-order chi connectivity index (χ1) is 17.8. The number of allylic oxidation sites excluding steroid dienone is 10. The fraction of sp³-hybridized carbons (Fsp3) is 0.406. The van der Waals surface area contributed by atoms with E-state index < -0.39 is 25.3 Å². The average molecular weight is 600 g/mol. The number of hydrogen-bond donors (Lipinski definition) is 0. The van der Waals surface area contributed by atoms with Gasteiger partial charge in [-0.1, -0.05) is 136 Å². The van der Waals surface area contributed by atoms with Crippen LogP contribution in [0.5, 0.6) is 0 Å². The molecule has 38 heavy (non-hydrogen) atoms. The van der Waals surface area contributed by atoms with Crippen molar-refractivity contribution in [1.82, 2.24) is 4.57 Å². The molecule has 6 unspecified atom stereocenters. The van der Waals surface area contributed by atoms with Crippen LogP contribution in [0.15, 0.2) is 103 Å². The van der Waals surface area contributed by atoms with Crippen LogP contribution in [0.2, 0.25) is 18.6 Å². The SMILES string of the molecule is CC1(C)[N-]C2C(c3ccccc3)C=CC=C[C@H]2N1[Si](C)(C)C1C2C=CC=CC2C2C=CC=CC21.[CH3-].[Cl][Ti][Cl]. The van der Waals surface area contributed by atoms with Crippen molar-refractivity contribution < 1.29 is 17.0 Å². The molecule has 7 atom stereocenters. The van der Waals surface area contributed by atoms with Crippen LogP contribution in [-0.2, 0) is 17.0 Å². The first kappa shape index (κ1) is 30.1. The van der Waals surface area contributed by atoms with Crippen LogP contribution in [0, 0.1) is 31.1 Å². The predicted molar refractivity (Wildman–Crippen MR) is 164 cm³/mol. The van der Waals surface area contributed by atoms with Gasteiger partial charge < -0.3 is 17.3 Å². The topological polar surface area (TPSA) is 17.3 Å². The minimum atomic E-state index is -1.96. The van der Waals surface area contributed by atoms with Gasteiger partial charge in [0.05, 0.1) is 0 Å². The molecule has 1 aliphatic heterocycles. The second-order valence-corrected chi connectivity index (χ2v) is 18.8. The molecule has 1 saturated heterocycles. The van der Waals surface area contributed by atoms with Gasteiger partial charge in [0.1, 0.15) is 8.24 Å². The molecular formula is C32H40Cl2N2SiTi-2. The van der Waals surface area contributed by atoms with E-state index in [0.29, 0.717) is 41.2 Å². The molecule has 6 rings (SSSR count). The van der Waals surface area contributed by atoms with E-state index in [1.54, 1.807) is 0 Å². The summed E-state index contributed by atoms with van der Waals surface area (Å²) in [5.74, 6) is 2.78. The van der Waals surface area contributed by atoms with Crippen molar-refractivity contribution in [3.8, 4) is 0 Å². The first-order valence-corrected chi connectivity index (χ1v) is 20.7. The molecular weight excluding hydrogens is 559 g/mol. The Kier molecular flexibility index (Phi) is 9.74. The van der Waals surface area contributed by atoms with E-state index in [1.807, 2.05) is 0 Å². The van der Waals surface area contributed by atoms with Gasteiger partial charge in [0.2, 0.25) is 0 Å². The van der Waals surface area contributed by atoms with Crippen LogP contribution in [-0.4, -0.2) is 30.5 Å². The van der Waals surface area contributed by atoms with E-state index in [0.717, 1.165) is 0 Å². The zero-order valence-electron chi connectivity index (χ0n) is 23.1. The predicted octanol–water partition coefficient (Wildman–Crippen LogP) is 9.19. The molecule has 0 radical (unpaired) electrons. The van der Waals surface area contributed by atoms with Crippen LogP contribution in [0.3, 0.4) is 0 Å². The fourth-order valence-corrected chi connectivity index (χ4v) is 13.5. The molecule has 0 aromatic heterocycles. The second-order valence-electron chi connectivity index (χ2n) is 11.8. The maximum atomic E-state index is 5.58. The zero-order chi connectivity index (χ0) is 26.2. The van der Waals surface area contributed by atoms with Crippen LogP contribution in [0.4, 0.5) is 0 Å². The summed E-state index contributed by atoms with van der Waals surface area (Å²) in [7, 11) is 7.82. The van der Waals surface area contributed by atoms with Crippen molar-refractivity contribution in [3.63, 3.8) is 0 Å². The van der Waals surface area contributed by atoms with Gasteiger partial charge in [-0.3, -0.25) is 0 Å². The standard InChI is InChI=1S/C31H37N2Si.CH3.2ClH.Ti/c1-31(2)32-29-23(22-14-6-5-7-15-22)16-12-13-21-28(29)33(31)34(3,4)30-26-19-10-8-17-24(26)25-18-9-11-20-27(25)30;;;;/h5-21,23-30H,1-4H3;1H3;2*1H;/q2*-1;;;+2/p-2/t23?,24?,25?,26?,27?,28-,29?,30?;;;;/m1..../s1. The number of halogens is 2. The molecule has 2 fully saturated rings. The summed E-state index contributed by atoms with van der Waals surface area (Å²) < 4.78 is 2.91. The Morgan fingerprint density at radius 3 is 1.79 bits per heavy atom. The van der Waals surface area contributed by atoms with Crippen molar-refractivity contribution >= 4 is 26.8 Å². The molecule has 1 heterocycles. The van der Waals surface area contributed by atoms with Crippen LogP contribution < -0.4 is 0 Å². The molecule has 5 aliphatic rings. The Morgan fingerprint density at radius 1 is 0.763 bits per heavy atom. The summed E-state index contributed by atoms with van der Waals surface area (Å²) in [5.41, 5.74) is 1.86. The second kappa shape index (κ2) is 12.3. The van der Waals surface area contributed by atoms with Crippen molar-refractivity contribution in [3.05, 3.63) is 122 Å². The van der Waals surface area contributed by atoms with E-state index in [-0.39, 0.29) is 19.1 Å². The van der Waals surface area contributed by atoms with Crippen molar-refractivity contribution in [2.45, 2.75) is 56.1 Å². The van der Waals surface area contributed by atoms with Crippen molar-refractivity contribution in [1.29, 1.82) is 0 Å². The van der Waals surface area contributed by atoms with Gasteiger partial charge in [-0.25, -0.2) is 0 Å². The van der Waals surface area contributed by atoms with E-state index in [2.05, 4.69) is 135 Å². The molecule has 1 aromatic carbocycles. The van der Waals surface area contributed by atoms with Crippen molar-refractivity contribution in [2.75, 3.05) is 0 Å². The van der Waals surface area contributed by atoms with Gasteiger partial charge in [0.15, 0.2) is 0 Å². The monoisotopic (exact) mass is 598 g/mol. The third-order valence-electron chi connectivity index (χ3n) is 9.15. The van der Waals surface area contributed by atoms with E-state index in [4.69, 9.17) is 23.9 Å². The molecule has 4 aliphatic carbocycles. The minimum absolute atomic E-state index is 0. The third kappa shape index (κ3) is 5.38. The number of benzene rings is 1. The van der Waals surface area contributed by atoms with Gasteiger partial charge in [-0.2, -0.15) is 0 Å². The number of nitrogens with zero attached hydrogens (tertiary/aromatic N) is 2. The van der Waals surface area contributed by atoms with E-state index in [9.17, 15) is 0 Å². The molecule has 202 valence electrons. The number of rotatable bonds is 3. The number of fused-ring (bicyclic) bond motifs is 4. The molecule has 6 heteroatoms. The Balaban J connectivity index is 0.000000804. The normalized spacial score (nSPS) is 35.8. The van der Waals surface area contributed by atoms with E-state index >= 15 is 0 Å². The Labute approximate surface area is 248 Å². The summed E-state index contributed by atoms with van der Waals surface area (Å²) in [6, 6.07) is 11.6. The van der Waals surface area contributed by atoms with Gasteiger partial charge in [-0.05, 0) is 40.7 Å².